The highest BCUT2D eigenvalue weighted by Gasteiger charge is 2.53. The van der Waals surface area contributed by atoms with Gasteiger partial charge in [-0.25, -0.2) is 4.39 Å². The van der Waals surface area contributed by atoms with Gasteiger partial charge in [0.1, 0.15) is 5.82 Å². The van der Waals surface area contributed by atoms with Gasteiger partial charge in [0.15, 0.2) is 11.5 Å². The topological polar surface area (TPSA) is 66.8 Å². The second kappa shape index (κ2) is 3.37. The number of benzene rings is 1. The fraction of sp³-hybridized carbons (Fsp3) is 0.364. The fourth-order valence-electron chi connectivity index (χ4n) is 1.80. The van der Waals surface area contributed by atoms with Crippen LogP contribution in [0, 0.1) is 5.82 Å². The number of halogens is 1. The molecule has 0 spiro atoms. The summed E-state index contributed by atoms with van der Waals surface area (Å²) in [5.74, 6) is -1.96. The first-order valence-electron chi connectivity index (χ1n) is 4.81. The molecule has 0 saturated heterocycles. The van der Waals surface area contributed by atoms with Gasteiger partial charge < -0.3 is 14.9 Å². The van der Waals surface area contributed by atoms with Crippen molar-refractivity contribution in [3.63, 3.8) is 0 Å². The summed E-state index contributed by atoms with van der Waals surface area (Å²) in [6.45, 7) is 0. The summed E-state index contributed by atoms with van der Waals surface area (Å²) in [6.07, 6.45) is 0.788. The quantitative estimate of drug-likeness (QED) is 0.822. The third-order valence-corrected chi connectivity index (χ3v) is 2.94. The van der Waals surface area contributed by atoms with Crippen molar-refractivity contribution in [3.8, 4) is 11.5 Å². The molecule has 1 aliphatic carbocycles. The zero-order chi connectivity index (χ0) is 11.9. The molecule has 0 radical (unpaired) electrons. The Balaban J connectivity index is 2.51. The van der Waals surface area contributed by atoms with E-state index in [-0.39, 0.29) is 17.1 Å². The molecule has 0 bridgehead atoms. The molecule has 1 fully saturated rings. The predicted octanol–water partition coefficient (Wildman–Crippen LogP) is 1.66. The van der Waals surface area contributed by atoms with Crippen LogP contribution in [-0.2, 0) is 10.2 Å². The van der Waals surface area contributed by atoms with E-state index in [1.54, 1.807) is 0 Å². The van der Waals surface area contributed by atoms with Crippen molar-refractivity contribution < 1.29 is 24.1 Å². The maximum Gasteiger partial charge on any atom is 0.314 e. The van der Waals surface area contributed by atoms with Crippen LogP contribution in [0.4, 0.5) is 4.39 Å². The van der Waals surface area contributed by atoms with Crippen molar-refractivity contribution >= 4 is 5.97 Å². The van der Waals surface area contributed by atoms with Gasteiger partial charge in [-0.3, -0.25) is 4.79 Å². The van der Waals surface area contributed by atoms with E-state index in [2.05, 4.69) is 0 Å². The number of hydrogen-bond acceptors (Lipinski definition) is 3. The van der Waals surface area contributed by atoms with Crippen LogP contribution >= 0.6 is 0 Å². The number of aliphatic carboxylic acids is 1. The first-order valence-corrected chi connectivity index (χ1v) is 4.81. The van der Waals surface area contributed by atoms with E-state index in [0.29, 0.717) is 12.8 Å². The molecule has 0 atom stereocenters. The van der Waals surface area contributed by atoms with Crippen molar-refractivity contribution in [3.05, 3.63) is 23.5 Å². The van der Waals surface area contributed by atoms with Crippen molar-refractivity contribution in [1.82, 2.24) is 0 Å². The van der Waals surface area contributed by atoms with Crippen molar-refractivity contribution in [2.45, 2.75) is 18.3 Å². The molecule has 2 N–H and O–H groups in total. The number of phenolic OH excluding ortho intramolecular Hbond substituents is 1. The van der Waals surface area contributed by atoms with E-state index in [9.17, 15) is 14.3 Å². The summed E-state index contributed by atoms with van der Waals surface area (Å²) >= 11 is 0. The van der Waals surface area contributed by atoms with Crippen LogP contribution in [0.5, 0.6) is 11.5 Å². The second-order valence-corrected chi connectivity index (χ2v) is 3.89. The van der Waals surface area contributed by atoms with E-state index < -0.39 is 17.2 Å². The van der Waals surface area contributed by atoms with E-state index in [1.807, 2.05) is 0 Å². The summed E-state index contributed by atoms with van der Waals surface area (Å²) in [6, 6.07) is 2.14. The van der Waals surface area contributed by atoms with Gasteiger partial charge in [0.05, 0.1) is 12.5 Å². The molecule has 16 heavy (non-hydrogen) atoms. The molecule has 1 aliphatic rings. The molecule has 1 aromatic carbocycles. The summed E-state index contributed by atoms with van der Waals surface area (Å²) in [4.78, 5) is 11.0. The Morgan fingerprint density at radius 3 is 2.56 bits per heavy atom. The predicted molar refractivity (Wildman–Crippen MR) is 53.2 cm³/mol. The summed E-state index contributed by atoms with van der Waals surface area (Å²) in [5.41, 5.74) is -1.13. The van der Waals surface area contributed by atoms with Gasteiger partial charge >= 0.3 is 5.97 Å². The number of carboxylic acid groups (broad SMARTS) is 1. The Morgan fingerprint density at radius 2 is 2.12 bits per heavy atom. The number of aromatic hydroxyl groups is 1. The SMILES string of the molecule is COc1cc(F)c(C2(C(=O)O)CC2)cc1O. The van der Waals surface area contributed by atoms with Crippen LogP contribution < -0.4 is 4.74 Å². The molecule has 5 heteroatoms. The standard InChI is InChI=1S/C11H11FO4/c1-16-9-5-7(12)6(4-8(9)13)11(2-3-11)10(14)15/h4-5,13H,2-3H2,1H3,(H,14,15). The number of methoxy groups -OCH3 is 1. The first kappa shape index (κ1) is 10.7. The molecule has 0 aromatic heterocycles. The Morgan fingerprint density at radius 1 is 1.50 bits per heavy atom. The highest BCUT2D eigenvalue weighted by atomic mass is 19.1. The average molecular weight is 226 g/mol. The van der Waals surface area contributed by atoms with Gasteiger partial charge in [-0.2, -0.15) is 0 Å². The van der Waals surface area contributed by atoms with Gasteiger partial charge in [0.25, 0.3) is 0 Å². The second-order valence-electron chi connectivity index (χ2n) is 3.89. The van der Waals surface area contributed by atoms with Gasteiger partial charge in [-0.1, -0.05) is 0 Å². The van der Waals surface area contributed by atoms with Crippen LogP contribution in [0.25, 0.3) is 0 Å². The monoisotopic (exact) mass is 226 g/mol. The minimum absolute atomic E-state index is 0.00226. The van der Waals surface area contributed by atoms with E-state index in [1.165, 1.54) is 7.11 Å². The zero-order valence-corrected chi connectivity index (χ0v) is 8.66. The third-order valence-electron chi connectivity index (χ3n) is 2.94. The Kier molecular flexibility index (Phi) is 2.26. The van der Waals surface area contributed by atoms with Gasteiger partial charge in [-0.05, 0) is 18.9 Å². The Labute approximate surface area is 91.3 Å². The molecule has 86 valence electrons. The van der Waals surface area contributed by atoms with Gasteiger partial charge in [0, 0.05) is 11.6 Å². The number of hydrogen-bond donors (Lipinski definition) is 2. The smallest absolute Gasteiger partial charge is 0.314 e. The molecule has 2 rings (SSSR count). The molecule has 0 unspecified atom stereocenters. The van der Waals surface area contributed by atoms with Crippen LogP contribution in [0.15, 0.2) is 12.1 Å². The molecule has 0 heterocycles. The van der Waals surface area contributed by atoms with E-state index >= 15 is 0 Å². The number of rotatable bonds is 3. The lowest BCUT2D eigenvalue weighted by Crippen LogP contribution is -2.20. The number of ether oxygens (including phenoxy) is 1. The lowest BCUT2D eigenvalue weighted by molar-refractivity contribution is -0.140. The van der Waals surface area contributed by atoms with Crippen LogP contribution in [0.3, 0.4) is 0 Å². The number of carboxylic acids is 1. The first-order chi connectivity index (χ1) is 7.51. The molecular formula is C11H11FO4. The summed E-state index contributed by atoms with van der Waals surface area (Å²) in [5, 5.41) is 18.5. The molecule has 4 nitrogen and oxygen atoms in total. The zero-order valence-electron chi connectivity index (χ0n) is 8.66. The average Bonchev–Trinajstić information content (AvgIpc) is 3.01. The summed E-state index contributed by atoms with van der Waals surface area (Å²) < 4.78 is 18.4. The minimum atomic E-state index is -1.16. The number of phenols is 1. The highest BCUT2D eigenvalue weighted by Crippen LogP contribution is 2.50. The van der Waals surface area contributed by atoms with Gasteiger partial charge in [0.2, 0.25) is 0 Å². The normalized spacial score (nSPS) is 16.9. The maximum atomic E-state index is 13.7. The van der Waals surface area contributed by atoms with E-state index in [0.717, 1.165) is 12.1 Å². The lowest BCUT2D eigenvalue weighted by Gasteiger charge is -2.13. The van der Waals surface area contributed by atoms with Crippen molar-refractivity contribution in [1.29, 1.82) is 0 Å². The van der Waals surface area contributed by atoms with Crippen molar-refractivity contribution in [2.75, 3.05) is 7.11 Å². The van der Waals surface area contributed by atoms with Crippen molar-refractivity contribution in [2.24, 2.45) is 0 Å². The molecule has 0 amide bonds. The third kappa shape index (κ3) is 1.39. The molecule has 1 aromatic rings. The Hall–Kier alpha value is -1.78. The van der Waals surface area contributed by atoms with Crippen LogP contribution in [-0.4, -0.2) is 23.3 Å². The highest BCUT2D eigenvalue weighted by molar-refractivity contribution is 5.85. The van der Waals surface area contributed by atoms with Crippen LogP contribution in [0.1, 0.15) is 18.4 Å². The maximum absolute atomic E-state index is 13.7. The lowest BCUT2D eigenvalue weighted by atomic mass is 9.95. The largest absolute Gasteiger partial charge is 0.504 e. The Bertz CT molecular complexity index is 452. The molecule has 0 aliphatic heterocycles. The molecule has 1 saturated carbocycles. The fourth-order valence-corrected chi connectivity index (χ4v) is 1.80. The van der Waals surface area contributed by atoms with Crippen LogP contribution in [0.2, 0.25) is 0 Å². The molecular weight excluding hydrogens is 215 g/mol. The number of carbonyl (C=O) groups is 1. The van der Waals surface area contributed by atoms with E-state index in [4.69, 9.17) is 9.84 Å². The summed E-state index contributed by atoms with van der Waals surface area (Å²) in [7, 11) is 1.30. The van der Waals surface area contributed by atoms with Gasteiger partial charge in [-0.15, -0.1) is 0 Å². The minimum Gasteiger partial charge on any atom is -0.504 e.